The van der Waals surface area contributed by atoms with Crippen LogP contribution in [-0.4, -0.2) is 118 Å². The van der Waals surface area contributed by atoms with Crippen LogP contribution >= 0.6 is 0 Å². The van der Waals surface area contributed by atoms with E-state index in [2.05, 4.69) is 10.3 Å². The highest BCUT2D eigenvalue weighted by Gasteiger charge is 2.41. The van der Waals surface area contributed by atoms with Gasteiger partial charge in [0.2, 0.25) is 5.91 Å². The van der Waals surface area contributed by atoms with Gasteiger partial charge in [0.05, 0.1) is 30.9 Å². The number of piperidine rings is 1. The van der Waals surface area contributed by atoms with Crippen LogP contribution < -0.4 is 0 Å². The molecule has 13 heteroatoms. The number of carbonyl (C=O) groups excluding carboxylic acids is 2. The lowest BCUT2D eigenvalue weighted by Gasteiger charge is -2.44. The third kappa shape index (κ3) is 7.02. The summed E-state index contributed by atoms with van der Waals surface area (Å²) in [5.41, 5.74) is 0.736. The molecule has 12 nitrogen and oxygen atoms in total. The predicted octanol–water partition coefficient (Wildman–Crippen LogP) is 2.45. The molecule has 2 aliphatic heterocycles. The second-order valence-electron chi connectivity index (χ2n) is 10.7. The molecule has 0 radical (unpaired) electrons. The Morgan fingerprint density at radius 1 is 1.15 bits per heavy atom. The van der Waals surface area contributed by atoms with E-state index in [0.29, 0.717) is 57.9 Å². The third-order valence-electron chi connectivity index (χ3n) is 7.61. The van der Waals surface area contributed by atoms with Crippen molar-refractivity contribution in [2.45, 2.75) is 51.6 Å². The van der Waals surface area contributed by atoms with Crippen LogP contribution in [-0.2, 0) is 20.7 Å². The highest BCUT2D eigenvalue weighted by atomic mass is 19.1. The number of hydrogen-bond donors (Lipinski definition) is 1. The van der Waals surface area contributed by atoms with Gasteiger partial charge in [0.25, 0.3) is 5.91 Å². The SMILES string of the molecule is COCCCCc1c(C(=O)N(C(C)C)[C@H]2C[C@@H](C(=O)N3CCOCC3)CN(C(=O)O)C2)nnn1-c1ccccc1F. The molecule has 0 aliphatic carbocycles. The summed E-state index contributed by atoms with van der Waals surface area (Å²) in [5, 5.41) is 18.3. The molecule has 2 fully saturated rings. The number of para-hydroxylation sites is 1. The monoisotopic (exact) mass is 574 g/mol. The van der Waals surface area contributed by atoms with Gasteiger partial charge in [-0.1, -0.05) is 17.3 Å². The number of aromatic nitrogens is 3. The van der Waals surface area contributed by atoms with Crippen molar-refractivity contribution in [2.24, 2.45) is 5.92 Å². The highest BCUT2D eigenvalue weighted by molar-refractivity contribution is 5.94. The van der Waals surface area contributed by atoms with E-state index in [1.165, 1.54) is 15.6 Å². The van der Waals surface area contributed by atoms with Crippen LogP contribution in [0.1, 0.15) is 49.3 Å². The number of halogens is 1. The van der Waals surface area contributed by atoms with Crippen LogP contribution in [0.25, 0.3) is 5.69 Å². The number of hydrogen-bond acceptors (Lipinski definition) is 7. The number of amides is 3. The zero-order valence-corrected chi connectivity index (χ0v) is 23.9. The van der Waals surface area contributed by atoms with Crippen LogP contribution in [0.4, 0.5) is 9.18 Å². The molecule has 224 valence electrons. The number of methoxy groups -OCH3 is 1. The van der Waals surface area contributed by atoms with E-state index in [4.69, 9.17) is 9.47 Å². The Morgan fingerprint density at radius 2 is 1.88 bits per heavy atom. The zero-order valence-electron chi connectivity index (χ0n) is 23.9. The highest BCUT2D eigenvalue weighted by Crippen LogP contribution is 2.28. The van der Waals surface area contributed by atoms with Gasteiger partial charge in [-0.05, 0) is 51.7 Å². The standard InChI is InChI=1S/C28H39FN6O6/c1-19(2)34(21-16-20(17-33(18-21)28(38)39)26(36)32-11-14-41-15-12-32)27(37)25-24(10-6-7-13-40-3)35(31-30-25)23-9-5-4-8-22(23)29/h4-5,8-9,19-21H,6-7,10-18H2,1-3H3,(H,38,39)/t20-,21+/m1/s1. The average Bonchev–Trinajstić information content (AvgIpc) is 3.39. The van der Waals surface area contributed by atoms with Gasteiger partial charge in [0, 0.05) is 45.9 Å². The topological polar surface area (TPSA) is 130 Å². The van der Waals surface area contributed by atoms with Crippen LogP contribution in [0.3, 0.4) is 0 Å². The van der Waals surface area contributed by atoms with Gasteiger partial charge in [-0.3, -0.25) is 9.59 Å². The number of nitrogens with zero attached hydrogens (tertiary/aromatic N) is 6. The third-order valence-corrected chi connectivity index (χ3v) is 7.61. The van der Waals surface area contributed by atoms with Crippen molar-refractivity contribution in [1.82, 2.24) is 29.7 Å². The van der Waals surface area contributed by atoms with E-state index in [1.54, 1.807) is 35.1 Å². The molecule has 41 heavy (non-hydrogen) atoms. The Balaban J connectivity index is 1.66. The van der Waals surface area contributed by atoms with Crippen molar-refractivity contribution in [3.8, 4) is 5.69 Å². The molecule has 2 atom stereocenters. The van der Waals surface area contributed by atoms with E-state index in [0.717, 1.165) is 6.42 Å². The fourth-order valence-electron chi connectivity index (χ4n) is 5.64. The molecular formula is C28H39FN6O6. The summed E-state index contributed by atoms with van der Waals surface area (Å²) in [4.78, 5) is 44.2. The van der Waals surface area contributed by atoms with Crippen molar-refractivity contribution in [1.29, 1.82) is 0 Å². The van der Waals surface area contributed by atoms with E-state index in [-0.39, 0.29) is 36.4 Å². The maximum absolute atomic E-state index is 14.8. The van der Waals surface area contributed by atoms with Crippen molar-refractivity contribution >= 4 is 17.9 Å². The number of likely N-dealkylation sites (tertiary alicyclic amines) is 1. The number of morpholine rings is 1. The molecule has 1 aromatic carbocycles. The fraction of sp³-hybridized carbons (Fsp3) is 0.607. The summed E-state index contributed by atoms with van der Waals surface area (Å²) in [6, 6.07) is 5.26. The van der Waals surface area contributed by atoms with Gasteiger partial charge >= 0.3 is 6.09 Å². The van der Waals surface area contributed by atoms with E-state index >= 15 is 0 Å². The van der Waals surface area contributed by atoms with Crippen LogP contribution in [0.15, 0.2) is 24.3 Å². The van der Waals surface area contributed by atoms with Gasteiger partial charge in [-0.25, -0.2) is 13.9 Å². The van der Waals surface area contributed by atoms with Crippen molar-refractivity contribution in [3.05, 3.63) is 41.5 Å². The minimum absolute atomic E-state index is 0.0658. The lowest BCUT2D eigenvalue weighted by atomic mass is 9.91. The number of benzene rings is 1. The van der Waals surface area contributed by atoms with Crippen molar-refractivity contribution < 1.29 is 33.4 Å². The molecule has 3 heterocycles. The van der Waals surface area contributed by atoms with Crippen molar-refractivity contribution in [3.63, 3.8) is 0 Å². The Bertz CT molecular complexity index is 1220. The molecule has 0 unspecified atom stereocenters. The lowest BCUT2D eigenvalue weighted by Crippen LogP contribution is -2.58. The maximum atomic E-state index is 14.8. The number of carboxylic acid groups (broad SMARTS) is 1. The second-order valence-corrected chi connectivity index (χ2v) is 10.7. The number of carbonyl (C=O) groups is 3. The molecule has 0 saturated carbocycles. The molecule has 1 aromatic heterocycles. The van der Waals surface area contributed by atoms with Crippen LogP contribution in [0.5, 0.6) is 0 Å². The summed E-state index contributed by atoms with van der Waals surface area (Å²) in [5.74, 6) is -1.66. The molecule has 1 N–H and O–H groups in total. The first kappa shape index (κ1) is 30.4. The molecule has 2 aliphatic rings. The summed E-state index contributed by atoms with van der Waals surface area (Å²) < 4.78 is 26.7. The van der Waals surface area contributed by atoms with Gasteiger partial charge in [-0.15, -0.1) is 5.10 Å². The van der Waals surface area contributed by atoms with Gasteiger partial charge in [0.1, 0.15) is 11.5 Å². The van der Waals surface area contributed by atoms with Gasteiger partial charge in [0.15, 0.2) is 5.69 Å². The van der Waals surface area contributed by atoms with E-state index in [1.807, 2.05) is 13.8 Å². The summed E-state index contributed by atoms with van der Waals surface area (Å²) >= 11 is 0. The first-order valence-corrected chi connectivity index (χ1v) is 14.1. The Hall–Kier alpha value is -3.58. The Morgan fingerprint density at radius 3 is 2.54 bits per heavy atom. The molecule has 4 rings (SSSR count). The first-order chi connectivity index (χ1) is 19.7. The van der Waals surface area contributed by atoms with Crippen LogP contribution in [0.2, 0.25) is 0 Å². The van der Waals surface area contributed by atoms with Gasteiger partial charge < -0.3 is 29.3 Å². The smallest absolute Gasteiger partial charge is 0.407 e. The summed E-state index contributed by atoms with van der Waals surface area (Å²) in [6.07, 6.45) is 0.956. The largest absolute Gasteiger partial charge is 0.465 e. The molecule has 3 amide bonds. The van der Waals surface area contributed by atoms with E-state index in [9.17, 15) is 23.9 Å². The number of unbranched alkanes of at least 4 members (excludes halogenated alkanes) is 1. The van der Waals surface area contributed by atoms with Crippen LogP contribution in [0, 0.1) is 11.7 Å². The molecule has 0 spiro atoms. The number of rotatable bonds is 10. The fourth-order valence-corrected chi connectivity index (χ4v) is 5.64. The van der Waals surface area contributed by atoms with Crippen molar-refractivity contribution in [2.75, 3.05) is 53.1 Å². The molecule has 2 saturated heterocycles. The minimum atomic E-state index is -1.14. The second kappa shape index (κ2) is 13.9. The lowest BCUT2D eigenvalue weighted by molar-refractivity contribution is -0.142. The first-order valence-electron chi connectivity index (χ1n) is 14.1. The summed E-state index contributed by atoms with van der Waals surface area (Å²) in [6.45, 7) is 6.13. The quantitative estimate of drug-likeness (QED) is 0.429. The molecular weight excluding hydrogens is 535 g/mol. The maximum Gasteiger partial charge on any atom is 0.407 e. The normalized spacial score (nSPS) is 19.4. The summed E-state index contributed by atoms with van der Waals surface area (Å²) in [7, 11) is 1.61. The number of ether oxygens (including phenoxy) is 2. The molecule has 2 aromatic rings. The Kier molecular flexibility index (Phi) is 10.3. The van der Waals surface area contributed by atoms with E-state index < -0.39 is 29.8 Å². The molecule has 0 bridgehead atoms. The van der Waals surface area contributed by atoms with Gasteiger partial charge in [-0.2, -0.15) is 0 Å². The zero-order chi connectivity index (χ0) is 29.5. The Labute approximate surface area is 239 Å². The minimum Gasteiger partial charge on any atom is -0.465 e. The average molecular weight is 575 g/mol. The predicted molar refractivity (Wildman–Crippen MR) is 146 cm³/mol.